The van der Waals surface area contributed by atoms with E-state index in [1.807, 2.05) is 0 Å². The minimum Gasteiger partial charge on any atom is -0.490 e. The smallest absolute Gasteiger partial charge is 0.490 e. The zero-order chi connectivity index (χ0) is 25.3. The van der Waals surface area contributed by atoms with Crippen molar-refractivity contribution in [1.29, 1.82) is 0 Å². The van der Waals surface area contributed by atoms with Crippen LogP contribution in [-0.4, -0.2) is 19.7 Å². The van der Waals surface area contributed by atoms with E-state index < -0.39 is 36.5 Å². The van der Waals surface area contributed by atoms with Crippen molar-refractivity contribution < 1.29 is 40.7 Å². The predicted octanol–water partition coefficient (Wildman–Crippen LogP) is 6.96. The van der Waals surface area contributed by atoms with E-state index in [0.717, 1.165) is 6.07 Å². The Bertz CT molecular complexity index is 1220. The Morgan fingerprint density at radius 3 is 2.29 bits per heavy atom. The molecule has 0 aliphatic rings. The minimum absolute atomic E-state index is 0.0705. The van der Waals surface area contributed by atoms with Gasteiger partial charge >= 0.3 is 6.36 Å². The molecule has 0 amide bonds. The third kappa shape index (κ3) is 5.21. The molecule has 0 heterocycles. The molecule has 0 atom stereocenters. The van der Waals surface area contributed by atoms with Crippen LogP contribution in [0.1, 0.15) is 9.68 Å². The van der Waals surface area contributed by atoms with Crippen molar-refractivity contribution in [3.8, 4) is 34.1 Å². The standard InChI is InChI=1S/C21H11Cl2F4O4/c1-29-20-16(7-6-15(19(20)24)31-21(25,26)27)30-17-9-13(22)8-14(23)18(17)12-4-2-11(10-28)3-5-12/h2-9H,1H3/i1D3. The molecule has 0 bridgehead atoms. The van der Waals surface area contributed by atoms with Crippen molar-refractivity contribution in [3.05, 3.63) is 70.0 Å². The van der Waals surface area contributed by atoms with Gasteiger partial charge < -0.3 is 14.2 Å². The zero-order valence-corrected chi connectivity index (χ0v) is 16.5. The van der Waals surface area contributed by atoms with Crippen LogP contribution in [0.25, 0.3) is 11.1 Å². The molecule has 3 aromatic rings. The van der Waals surface area contributed by atoms with Gasteiger partial charge in [0, 0.05) is 22.2 Å². The second-order valence-corrected chi connectivity index (χ2v) is 6.74. The van der Waals surface area contributed by atoms with E-state index in [4.69, 9.17) is 32.1 Å². The third-order valence-electron chi connectivity index (χ3n) is 3.88. The first-order chi connectivity index (χ1) is 15.8. The number of carbonyl (C=O) groups excluding carboxylic acids is 1. The van der Waals surface area contributed by atoms with E-state index in [0.29, 0.717) is 11.6 Å². The molecule has 0 N–H and O–H groups in total. The van der Waals surface area contributed by atoms with Gasteiger partial charge in [-0.25, -0.2) is 0 Å². The topological polar surface area (TPSA) is 44.8 Å². The second-order valence-electron chi connectivity index (χ2n) is 5.90. The van der Waals surface area contributed by atoms with Gasteiger partial charge in [0.25, 0.3) is 0 Å². The molecular formula is C21H11Cl2F4O4. The average molecular weight is 477 g/mol. The number of hydrogen-bond acceptors (Lipinski definition) is 4. The van der Waals surface area contributed by atoms with Crippen molar-refractivity contribution in [2.75, 3.05) is 7.04 Å². The summed E-state index contributed by atoms with van der Waals surface area (Å²) in [6.07, 6.45) is -3.55. The molecule has 0 spiro atoms. The van der Waals surface area contributed by atoms with Gasteiger partial charge in [0.1, 0.15) is 5.75 Å². The Balaban J connectivity index is 2.14. The molecule has 3 aromatic carbocycles. The zero-order valence-electron chi connectivity index (χ0n) is 18.0. The van der Waals surface area contributed by atoms with Crippen LogP contribution in [0.4, 0.5) is 17.6 Å². The van der Waals surface area contributed by atoms with Crippen LogP contribution in [0.15, 0.2) is 48.5 Å². The summed E-state index contributed by atoms with van der Waals surface area (Å²) >= 11 is 12.3. The maximum Gasteiger partial charge on any atom is 0.573 e. The fraction of sp³-hybridized carbons (Fsp3) is 0.0952. The van der Waals surface area contributed by atoms with Crippen molar-refractivity contribution >= 4 is 29.5 Å². The van der Waals surface area contributed by atoms with E-state index in [2.05, 4.69) is 9.47 Å². The molecule has 31 heavy (non-hydrogen) atoms. The van der Waals surface area contributed by atoms with Crippen LogP contribution in [0.3, 0.4) is 0 Å². The van der Waals surface area contributed by atoms with Gasteiger partial charge in [-0.2, -0.15) is 4.39 Å². The summed E-state index contributed by atoms with van der Waals surface area (Å²) in [7, 11) is -3.24. The molecule has 0 saturated heterocycles. The fourth-order valence-electron chi connectivity index (χ4n) is 2.63. The highest BCUT2D eigenvalue weighted by Gasteiger charge is 2.33. The maximum atomic E-state index is 14.8. The van der Waals surface area contributed by atoms with Crippen LogP contribution < -0.4 is 14.2 Å². The SMILES string of the molecule is [2H]C([2H])([2H])Oc1c(Oc2cc(Cl)cc(Cl)c2-c2ccc([C]=O)cc2)ccc(OC(F)(F)F)c1F. The average Bonchev–Trinajstić information content (AvgIpc) is 2.71. The summed E-state index contributed by atoms with van der Waals surface area (Å²) in [4.78, 5) is 10.8. The van der Waals surface area contributed by atoms with Crippen molar-refractivity contribution in [2.24, 2.45) is 0 Å². The summed E-state index contributed by atoms with van der Waals surface area (Å²) in [6, 6.07) is 9.92. The predicted molar refractivity (Wildman–Crippen MR) is 106 cm³/mol. The van der Waals surface area contributed by atoms with Crippen LogP contribution >= 0.6 is 23.2 Å². The fourth-order valence-corrected chi connectivity index (χ4v) is 3.22. The first-order valence-corrected chi connectivity index (χ1v) is 8.96. The molecule has 3 rings (SSSR count). The lowest BCUT2D eigenvalue weighted by molar-refractivity contribution is -0.275. The van der Waals surface area contributed by atoms with Gasteiger partial charge in [0.15, 0.2) is 11.5 Å². The summed E-state index contributed by atoms with van der Waals surface area (Å²) in [6.45, 7) is 0. The molecule has 0 fully saturated rings. The molecule has 4 nitrogen and oxygen atoms in total. The van der Waals surface area contributed by atoms with E-state index in [-0.39, 0.29) is 26.9 Å². The Hall–Kier alpha value is -2.97. The molecule has 0 aromatic heterocycles. The van der Waals surface area contributed by atoms with Gasteiger partial charge in [0.2, 0.25) is 17.9 Å². The number of alkyl halides is 3. The number of rotatable bonds is 6. The lowest BCUT2D eigenvalue weighted by atomic mass is 10.0. The van der Waals surface area contributed by atoms with E-state index >= 15 is 0 Å². The van der Waals surface area contributed by atoms with Crippen molar-refractivity contribution in [2.45, 2.75) is 6.36 Å². The molecule has 1 radical (unpaired) electrons. The summed E-state index contributed by atoms with van der Waals surface area (Å²) in [5.74, 6) is -4.95. The number of ether oxygens (including phenoxy) is 3. The Kier molecular flexibility index (Phi) is 5.47. The monoisotopic (exact) mass is 476 g/mol. The molecule has 0 unspecified atom stereocenters. The third-order valence-corrected chi connectivity index (χ3v) is 4.40. The van der Waals surface area contributed by atoms with Crippen LogP contribution in [0.5, 0.6) is 23.0 Å². The quantitative estimate of drug-likeness (QED) is 0.360. The number of hydrogen-bond donors (Lipinski definition) is 0. The molecule has 0 aliphatic carbocycles. The highest BCUT2D eigenvalue weighted by Crippen LogP contribution is 2.45. The van der Waals surface area contributed by atoms with Gasteiger partial charge in [-0.05, 0) is 23.8 Å². The normalized spacial score (nSPS) is 13.0. The summed E-state index contributed by atoms with van der Waals surface area (Å²) in [5.41, 5.74) is 0.873. The van der Waals surface area contributed by atoms with Gasteiger partial charge in [-0.3, -0.25) is 4.79 Å². The lowest BCUT2D eigenvalue weighted by Gasteiger charge is -2.17. The maximum absolute atomic E-state index is 14.8. The van der Waals surface area contributed by atoms with Gasteiger partial charge in [-0.1, -0.05) is 47.5 Å². The van der Waals surface area contributed by atoms with Gasteiger partial charge in [-0.15, -0.1) is 13.2 Å². The number of methoxy groups -OCH3 is 1. The first-order valence-electron chi connectivity index (χ1n) is 9.70. The Labute approximate surface area is 188 Å². The molecule has 161 valence electrons. The van der Waals surface area contributed by atoms with E-state index in [1.54, 1.807) is 6.29 Å². The largest absolute Gasteiger partial charge is 0.573 e. The van der Waals surface area contributed by atoms with Crippen LogP contribution in [0.2, 0.25) is 10.0 Å². The minimum atomic E-state index is -5.25. The van der Waals surface area contributed by atoms with Crippen molar-refractivity contribution in [3.63, 3.8) is 0 Å². The molecule has 10 heteroatoms. The van der Waals surface area contributed by atoms with Crippen molar-refractivity contribution in [1.82, 2.24) is 0 Å². The second kappa shape index (κ2) is 9.03. The van der Waals surface area contributed by atoms with E-state index in [9.17, 15) is 22.4 Å². The number of halogens is 6. The van der Waals surface area contributed by atoms with Gasteiger partial charge in [0.05, 0.1) is 16.2 Å². The summed E-state index contributed by atoms with van der Waals surface area (Å²) < 4.78 is 88.0. The Morgan fingerprint density at radius 2 is 1.68 bits per heavy atom. The van der Waals surface area contributed by atoms with E-state index in [1.165, 1.54) is 36.4 Å². The Morgan fingerprint density at radius 1 is 1.00 bits per heavy atom. The highest BCUT2D eigenvalue weighted by atomic mass is 35.5. The lowest BCUT2D eigenvalue weighted by Crippen LogP contribution is -2.18. The molecule has 0 aliphatic heterocycles. The highest BCUT2D eigenvalue weighted by molar-refractivity contribution is 6.37. The molecular weight excluding hydrogens is 463 g/mol. The number of benzene rings is 3. The molecule has 0 saturated carbocycles. The van der Waals surface area contributed by atoms with Crippen LogP contribution in [-0.2, 0) is 4.79 Å². The first kappa shape index (κ1) is 18.8. The summed E-state index contributed by atoms with van der Waals surface area (Å²) in [5, 5.41) is 0.151. The van der Waals surface area contributed by atoms with Crippen LogP contribution in [0, 0.1) is 5.82 Å².